The Labute approximate surface area is 130 Å². The van der Waals surface area contributed by atoms with E-state index in [2.05, 4.69) is 10.5 Å². The summed E-state index contributed by atoms with van der Waals surface area (Å²) in [6.45, 7) is 1.87. The highest BCUT2D eigenvalue weighted by molar-refractivity contribution is 5.94. The third-order valence-corrected chi connectivity index (χ3v) is 3.99. The maximum absolute atomic E-state index is 13.3. The van der Waals surface area contributed by atoms with E-state index in [1.54, 1.807) is 24.3 Å². The summed E-state index contributed by atoms with van der Waals surface area (Å²) >= 11 is 0. The summed E-state index contributed by atoms with van der Waals surface area (Å²) in [5.41, 5.74) is 8.56. The first kappa shape index (κ1) is 15.2. The highest BCUT2D eigenvalue weighted by Crippen LogP contribution is 2.44. The lowest BCUT2D eigenvalue weighted by molar-refractivity contribution is -0.0661. The summed E-state index contributed by atoms with van der Waals surface area (Å²) in [6.07, 6.45) is -5.67. The minimum Gasteiger partial charge on any atom is -0.453 e. The van der Waals surface area contributed by atoms with Gasteiger partial charge in [0.1, 0.15) is 6.07 Å². The van der Waals surface area contributed by atoms with E-state index in [0.717, 1.165) is 5.56 Å². The van der Waals surface area contributed by atoms with Crippen molar-refractivity contribution >= 4 is 5.71 Å². The lowest BCUT2D eigenvalue weighted by atomic mass is 9.76. The molecule has 0 amide bonds. The molecule has 23 heavy (non-hydrogen) atoms. The number of nitriles is 1. The van der Waals surface area contributed by atoms with Crippen LogP contribution >= 0.6 is 0 Å². The Morgan fingerprint density at radius 1 is 1.30 bits per heavy atom. The normalized spacial score (nSPS) is 26.7. The molecule has 0 aromatic heterocycles. The van der Waals surface area contributed by atoms with E-state index in [9.17, 15) is 18.4 Å². The predicted octanol–water partition coefficient (Wildman–Crippen LogP) is 2.27. The number of alkyl halides is 3. The van der Waals surface area contributed by atoms with Gasteiger partial charge in [0, 0.05) is 5.92 Å². The Morgan fingerprint density at radius 3 is 2.52 bits per heavy atom. The number of rotatable bonds is 1. The first-order valence-corrected chi connectivity index (χ1v) is 6.86. The van der Waals surface area contributed by atoms with Crippen LogP contribution in [0, 0.1) is 24.2 Å². The van der Waals surface area contributed by atoms with Crippen molar-refractivity contribution in [3.8, 4) is 6.07 Å². The second-order valence-electron chi connectivity index (χ2n) is 5.47. The van der Waals surface area contributed by atoms with Gasteiger partial charge in [-0.3, -0.25) is 5.43 Å². The fourth-order valence-corrected chi connectivity index (χ4v) is 2.92. The van der Waals surface area contributed by atoms with Crippen LogP contribution in [0.5, 0.6) is 0 Å². The minimum atomic E-state index is -4.62. The lowest BCUT2D eigenvalue weighted by Gasteiger charge is -2.34. The summed E-state index contributed by atoms with van der Waals surface area (Å²) < 4.78 is 45.0. The summed E-state index contributed by atoms with van der Waals surface area (Å²) in [6, 6.07) is 8.82. The van der Waals surface area contributed by atoms with Gasteiger partial charge in [-0.2, -0.15) is 23.5 Å². The van der Waals surface area contributed by atoms with Gasteiger partial charge in [-0.05, 0) is 12.5 Å². The molecule has 0 saturated carbocycles. The van der Waals surface area contributed by atoms with Gasteiger partial charge in [-0.15, -0.1) is 0 Å². The van der Waals surface area contributed by atoms with Crippen molar-refractivity contribution in [2.75, 3.05) is 0 Å². The molecular weight excluding hydrogens is 309 g/mol. The minimum absolute atomic E-state index is 0.0178. The van der Waals surface area contributed by atoms with Crippen LogP contribution < -0.4 is 11.2 Å². The third kappa shape index (κ3) is 2.48. The number of hydrazone groups is 1. The summed E-state index contributed by atoms with van der Waals surface area (Å²) in [7, 11) is 0. The second-order valence-corrected chi connectivity index (χ2v) is 5.47. The molecule has 3 atom stereocenters. The first-order chi connectivity index (χ1) is 10.8. The van der Waals surface area contributed by atoms with Gasteiger partial charge in [0.05, 0.1) is 11.5 Å². The summed E-state index contributed by atoms with van der Waals surface area (Å²) in [5.74, 6) is -2.21. The van der Waals surface area contributed by atoms with Crippen LogP contribution in [0.25, 0.3) is 0 Å². The van der Waals surface area contributed by atoms with Crippen molar-refractivity contribution < 1.29 is 17.9 Å². The monoisotopic (exact) mass is 322 g/mol. The highest BCUT2D eigenvalue weighted by Gasteiger charge is 2.55. The van der Waals surface area contributed by atoms with E-state index in [-0.39, 0.29) is 11.5 Å². The highest BCUT2D eigenvalue weighted by atomic mass is 19.4. The van der Waals surface area contributed by atoms with Gasteiger partial charge in [0.15, 0.2) is 11.9 Å². The van der Waals surface area contributed by atoms with E-state index in [1.807, 2.05) is 13.0 Å². The number of nitrogens with two attached hydrogens (primary N) is 1. The fraction of sp³-hybridized carbons (Fsp3) is 0.333. The SMILES string of the molecule is Cc1ccc([C@@H]2C(C#N)=C(N)O[C@@H]3NN=C(C(F)(F)F)[C@H]32)cc1. The van der Waals surface area contributed by atoms with Crippen LogP contribution in [0.1, 0.15) is 17.0 Å². The lowest BCUT2D eigenvalue weighted by Crippen LogP contribution is -2.45. The first-order valence-electron chi connectivity index (χ1n) is 6.86. The zero-order valence-corrected chi connectivity index (χ0v) is 12.1. The number of ether oxygens (including phenoxy) is 1. The molecular formula is C15H13F3N4O. The molecule has 0 saturated heterocycles. The molecule has 8 heteroatoms. The maximum Gasteiger partial charge on any atom is 0.431 e. The molecule has 2 aliphatic heterocycles. The Bertz CT molecular complexity index is 731. The van der Waals surface area contributed by atoms with E-state index in [0.29, 0.717) is 5.56 Å². The quantitative estimate of drug-likeness (QED) is 0.831. The van der Waals surface area contributed by atoms with Gasteiger partial charge in [0.25, 0.3) is 0 Å². The molecule has 2 aliphatic rings. The number of halogens is 3. The Kier molecular flexibility index (Phi) is 3.43. The van der Waals surface area contributed by atoms with Crippen molar-refractivity contribution in [3.63, 3.8) is 0 Å². The zero-order valence-electron chi connectivity index (χ0n) is 12.1. The third-order valence-electron chi connectivity index (χ3n) is 3.99. The molecule has 1 aromatic rings. The fourth-order valence-electron chi connectivity index (χ4n) is 2.92. The number of aryl methyl sites for hydroxylation is 1. The molecule has 0 spiro atoms. The van der Waals surface area contributed by atoms with E-state index >= 15 is 0 Å². The molecule has 120 valence electrons. The van der Waals surface area contributed by atoms with Gasteiger partial charge >= 0.3 is 6.18 Å². The topological polar surface area (TPSA) is 83.4 Å². The Morgan fingerprint density at radius 2 is 1.96 bits per heavy atom. The van der Waals surface area contributed by atoms with Crippen molar-refractivity contribution in [2.24, 2.45) is 16.8 Å². The van der Waals surface area contributed by atoms with Crippen LogP contribution in [-0.4, -0.2) is 18.1 Å². The number of hydrogen-bond acceptors (Lipinski definition) is 5. The van der Waals surface area contributed by atoms with Crippen LogP contribution in [0.15, 0.2) is 40.8 Å². The molecule has 0 bridgehead atoms. The van der Waals surface area contributed by atoms with Crippen LogP contribution in [-0.2, 0) is 4.74 Å². The number of hydrogen-bond donors (Lipinski definition) is 2. The summed E-state index contributed by atoms with van der Waals surface area (Å²) in [4.78, 5) is 0. The van der Waals surface area contributed by atoms with Crippen molar-refractivity contribution in [1.29, 1.82) is 5.26 Å². The number of fused-ring (bicyclic) bond motifs is 1. The molecule has 3 rings (SSSR count). The standard InChI is InChI=1S/C15H13F3N4O/c1-7-2-4-8(5-3-7)10-9(6-19)13(20)23-14-11(10)12(21-22-14)15(16,17)18/h2-5,10-11,14,22H,20H2,1H3/t10-,11-,14+/m1/s1. The van der Waals surface area contributed by atoms with Gasteiger partial charge in [0.2, 0.25) is 5.88 Å². The maximum atomic E-state index is 13.3. The number of benzene rings is 1. The van der Waals surface area contributed by atoms with Crippen molar-refractivity contribution in [1.82, 2.24) is 5.43 Å². The largest absolute Gasteiger partial charge is 0.453 e. The van der Waals surface area contributed by atoms with Crippen LogP contribution in [0.3, 0.4) is 0 Å². The predicted molar refractivity (Wildman–Crippen MR) is 75.7 cm³/mol. The van der Waals surface area contributed by atoms with Crippen LogP contribution in [0.4, 0.5) is 13.2 Å². The van der Waals surface area contributed by atoms with Crippen molar-refractivity contribution in [3.05, 3.63) is 46.8 Å². The van der Waals surface area contributed by atoms with Crippen LogP contribution in [0.2, 0.25) is 0 Å². The molecule has 0 radical (unpaired) electrons. The van der Waals surface area contributed by atoms with E-state index in [1.165, 1.54) is 0 Å². The second kappa shape index (κ2) is 5.19. The molecule has 0 aliphatic carbocycles. The number of nitrogens with one attached hydrogen (secondary N) is 1. The van der Waals surface area contributed by atoms with Gasteiger partial charge in [-0.25, -0.2) is 0 Å². The smallest absolute Gasteiger partial charge is 0.431 e. The molecule has 0 fully saturated rings. The average Bonchev–Trinajstić information content (AvgIpc) is 2.90. The van der Waals surface area contributed by atoms with Gasteiger partial charge < -0.3 is 10.5 Å². The van der Waals surface area contributed by atoms with E-state index in [4.69, 9.17) is 10.5 Å². The molecule has 1 aromatic carbocycles. The van der Waals surface area contributed by atoms with Gasteiger partial charge in [-0.1, -0.05) is 29.8 Å². The number of allylic oxidation sites excluding steroid dienone is 1. The number of nitrogens with zero attached hydrogens (tertiary/aromatic N) is 2. The molecule has 2 heterocycles. The molecule has 0 unspecified atom stereocenters. The van der Waals surface area contributed by atoms with Crippen molar-refractivity contribution in [2.45, 2.75) is 25.2 Å². The zero-order chi connectivity index (χ0) is 16.8. The Balaban J connectivity index is 2.13. The average molecular weight is 322 g/mol. The summed E-state index contributed by atoms with van der Waals surface area (Å²) in [5, 5.41) is 12.7. The Hall–Kier alpha value is -2.69. The van der Waals surface area contributed by atoms with E-state index < -0.39 is 30.0 Å². The molecule has 3 N–H and O–H groups in total. The molecule has 5 nitrogen and oxygen atoms in total.